The number of halogens is 3. The second kappa shape index (κ2) is 9.18. The number of urea groups is 1. The van der Waals surface area contributed by atoms with Crippen molar-refractivity contribution in [3.63, 3.8) is 0 Å². The van der Waals surface area contributed by atoms with Crippen molar-refractivity contribution in [2.24, 2.45) is 0 Å². The normalized spacial score (nSPS) is 18.1. The van der Waals surface area contributed by atoms with Crippen molar-refractivity contribution < 1.29 is 32.5 Å². The van der Waals surface area contributed by atoms with Crippen LogP contribution in [0.5, 0.6) is 0 Å². The van der Waals surface area contributed by atoms with Crippen LogP contribution in [0, 0.1) is 10.1 Å². The maximum Gasteiger partial charge on any atom is 0.416 e. The first-order chi connectivity index (χ1) is 16.6. The third kappa shape index (κ3) is 4.84. The standard InChI is InChI=1S/C22H18F3N5O5/c23-22(24,25)14-2-1-3-15(12-14)29-20(32)17(19(31)27-21(29)33)11-13-10-16(30(34)35)4-5-18(13)28-8-6-26-7-9-28/h1-5,10-12,26H,6-9H2,(H,27,31,33)/b17-11-. The van der Waals surface area contributed by atoms with E-state index in [0.29, 0.717) is 42.8 Å². The zero-order valence-electron chi connectivity index (χ0n) is 18.0. The molecule has 0 aliphatic carbocycles. The largest absolute Gasteiger partial charge is 0.416 e. The van der Waals surface area contributed by atoms with Gasteiger partial charge in [-0.2, -0.15) is 13.2 Å². The van der Waals surface area contributed by atoms with Gasteiger partial charge in [0, 0.05) is 49.6 Å². The van der Waals surface area contributed by atoms with E-state index in [1.165, 1.54) is 18.2 Å². The van der Waals surface area contributed by atoms with E-state index in [1.54, 1.807) is 0 Å². The van der Waals surface area contributed by atoms with Crippen LogP contribution >= 0.6 is 0 Å². The van der Waals surface area contributed by atoms with Gasteiger partial charge in [0.2, 0.25) is 0 Å². The highest BCUT2D eigenvalue weighted by Gasteiger charge is 2.38. The highest BCUT2D eigenvalue weighted by Crippen LogP contribution is 2.33. The molecular formula is C22H18F3N5O5. The van der Waals surface area contributed by atoms with E-state index in [2.05, 4.69) is 5.32 Å². The molecule has 2 saturated heterocycles. The molecule has 0 unspecified atom stereocenters. The van der Waals surface area contributed by atoms with E-state index in [-0.39, 0.29) is 16.9 Å². The number of non-ortho nitro benzene ring substituents is 1. The number of nitrogens with one attached hydrogen (secondary N) is 2. The predicted octanol–water partition coefficient (Wildman–Crippen LogP) is 2.69. The SMILES string of the molecule is O=C1NC(=O)N(c2cccc(C(F)(F)F)c2)C(=O)/C1=C\c1cc([N+](=O)[O-])ccc1N1CCNCC1. The molecule has 0 atom stereocenters. The second-order valence-corrected chi connectivity index (χ2v) is 7.74. The molecule has 2 aliphatic rings. The molecule has 2 fully saturated rings. The number of amides is 4. The second-order valence-electron chi connectivity index (χ2n) is 7.74. The number of imide groups is 2. The zero-order chi connectivity index (χ0) is 25.3. The number of hydrogen-bond acceptors (Lipinski definition) is 7. The average molecular weight is 489 g/mol. The number of alkyl halides is 3. The number of nitro benzene ring substituents is 1. The van der Waals surface area contributed by atoms with Gasteiger partial charge < -0.3 is 10.2 Å². The van der Waals surface area contributed by atoms with Gasteiger partial charge in [-0.25, -0.2) is 9.69 Å². The third-order valence-corrected chi connectivity index (χ3v) is 5.51. The number of rotatable bonds is 4. The molecule has 13 heteroatoms. The van der Waals surface area contributed by atoms with Gasteiger partial charge in [0.1, 0.15) is 5.57 Å². The van der Waals surface area contributed by atoms with Gasteiger partial charge in [-0.3, -0.25) is 25.0 Å². The summed E-state index contributed by atoms with van der Waals surface area (Å²) in [4.78, 5) is 51.1. The summed E-state index contributed by atoms with van der Waals surface area (Å²) in [6, 6.07) is 6.32. The number of nitrogens with zero attached hydrogens (tertiary/aromatic N) is 3. The number of barbiturate groups is 1. The Bertz CT molecular complexity index is 1250. The number of piperazine rings is 1. The molecule has 0 aromatic heterocycles. The molecule has 2 heterocycles. The highest BCUT2D eigenvalue weighted by atomic mass is 19.4. The lowest BCUT2D eigenvalue weighted by Gasteiger charge is -2.31. The molecule has 0 spiro atoms. The predicted molar refractivity (Wildman–Crippen MR) is 119 cm³/mol. The van der Waals surface area contributed by atoms with Crippen molar-refractivity contribution in [1.29, 1.82) is 0 Å². The first kappa shape index (κ1) is 23.9. The van der Waals surface area contributed by atoms with Gasteiger partial charge in [0.25, 0.3) is 17.5 Å². The fourth-order valence-corrected chi connectivity index (χ4v) is 3.83. The van der Waals surface area contributed by atoms with Crippen molar-refractivity contribution >= 4 is 41.0 Å². The van der Waals surface area contributed by atoms with Crippen molar-refractivity contribution in [3.05, 3.63) is 69.3 Å². The monoisotopic (exact) mass is 489 g/mol. The lowest BCUT2D eigenvalue weighted by molar-refractivity contribution is -0.384. The van der Waals surface area contributed by atoms with Gasteiger partial charge in [-0.15, -0.1) is 0 Å². The molecule has 182 valence electrons. The molecular weight excluding hydrogens is 471 g/mol. The molecule has 4 rings (SSSR count). The number of hydrogen-bond donors (Lipinski definition) is 2. The summed E-state index contributed by atoms with van der Waals surface area (Å²) < 4.78 is 39.4. The van der Waals surface area contributed by atoms with Crippen LogP contribution in [0.4, 0.5) is 35.0 Å². The van der Waals surface area contributed by atoms with Gasteiger partial charge in [-0.1, -0.05) is 6.07 Å². The Labute approximate surface area is 196 Å². The van der Waals surface area contributed by atoms with Crippen LogP contribution < -0.4 is 20.4 Å². The van der Waals surface area contributed by atoms with E-state index in [1.807, 2.05) is 10.2 Å². The number of carbonyl (C=O) groups excluding carboxylic acids is 3. The fraction of sp³-hybridized carbons (Fsp3) is 0.227. The van der Waals surface area contributed by atoms with E-state index < -0.39 is 40.1 Å². The van der Waals surface area contributed by atoms with E-state index in [9.17, 15) is 37.7 Å². The summed E-state index contributed by atoms with van der Waals surface area (Å²) in [5.74, 6) is -2.23. The number of anilines is 2. The summed E-state index contributed by atoms with van der Waals surface area (Å²) >= 11 is 0. The minimum atomic E-state index is -4.72. The topological polar surface area (TPSA) is 125 Å². The first-order valence-electron chi connectivity index (χ1n) is 10.4. The Morgan fingerprint density at radius 2 is 1.74 bits per heavy atom. The molecule has 0 saturated carbocycles. The molecule has 10 nitrogen and oxygen atoms in total. The maximum atomic E-state index is 13.2. The Kier molecular flexibility index (Phi) is 6.26. The van der Waals surface area contributed by atoms with E-state index >= 15 is 0 Å². The third-order valence-electron chi connectivity index (χ3n) is 5.51. The van der Waals surface area contributed by atoms with E-state index in [4.69, 9.17) is 0 Å². The van der Waals surface area contributed by atoms with Crippen LogP contribution in [0.2, 0.25) is 0 Å². The Morgan fingerprint density at radius 3 is 2.40 bits per heavy atom. The van der Waals surface area contributed by atoms with Crippen molar-refractivity contribution in [2.75, 3.05) is 36.0 Å². The molecule has 2 N–H and O–H groups in total. The Hall–Kier alpha value is -4.26. The lowest BCUT2D eigenvalue weighted by atomic mass is 10.0. The Morgan fingerprint density at radius 1 is 1.03 bits per heavy atom. The zero-order valence-corrected chi connectivity index (χ0v) is 18.0. The van der Waals surface area contributed by atoms with Crippen LogP contribution in [-0.4, -0.2) is 48.9 Å². The average Bonchev–Trinajstić information content (AvgIpc) is 2.81. The van der Waals surface area contributed by atoms with E-state index in [0.717, 1.165) is 24.3 Å². The number of carbonyl (C=O) groups is 3. The maximum absolute atomic E-state index is 13.2. The van der Waals surface area contributed by atoms with Gasteiger partial charge in [0.15, 0.2) is 0 Å². The minimum Gasteiger partial charge on any atom is -0.368 e. The van der Waals surface area contributed by atoms with Crippen molar-refractivity contribution in [1.82, 2.24) is 10.6 Å². The molecule has 4 amide bonds. The smallest absolute Gasteiger partial charge is 0.368 e. The first-order valence-corrected chi connectivity index (χ1v) is 10.4. The van der Waals surface area contributed by atoms with Crippen LogP contribution in [-0.2, 0) is 15.8 Å². The Balaban J connectivity index is 1.78. The summed E-state index contributed by atoms with van der Waals surface area (Å²) in [6.45, 7) is 2.40. The molecule has 2 aliphatic heterocycles. The summed E-state index contributed by atoms with van der Waals surface area (Å²) in [5, 5.41) is 16.4. The van der Waals surface area contributed by atoms with Crippen LogP contribution in [0.25, 0.3) is 6.08 Å². The van der Waals surface area contributed by atoms with Gasteiger partial charge in [0.05, 0.1) is 16.2 Å². The summed E-state index contributed by atoms with van der Waals surface area (Å²) in [6.07, 6.45) is -3.62. The van der Waals surface area contributed by atoms with Crippen LogP contribution in [0.15, 0.2) is 48.0 Å². The quantitative estimate of drug-likeness (QED) is 0.293. The molecule has 0 bridgehead atoms. The summed E-state index contributed by atoms with van der Waals surface area (Å²) in [7, 11) is 0. The fourth-order valence-electron chi connectivity index (χ4n) is 3.83. The number of benzene rings is 2. The number of nitro groups is 1. The molecule has 2 aromatic carbocycles. The van der Waals surface area contributed by atoms with Crippen LogP contribution in [0.3, 0.4) is 0 Å². The van der Waals surface area contributed by atoms with Crippen molar-refractivity contribution in [3.8, 4) is 0 Å². The van der Waals surface area contributed by atoms with Crippen LogP contribution in [0.1, 0.15) is 11.1 Å². The molecule has 0 radical (unpaired) electrons. The molecule has 2 aromatic rings. The van der Waals surface area contributed by atoms with Gasteiger partial charge in [-0.05, 0) is 30.3 Å². The molecule has 35 heavy (non-hydrogen) atoms. The summed E-state index contributed by atoms with van der Waals surface area (Å²) in [5.41, 5.74) is -1.62. The highest BCUT2D eigenvalue weighted by molar-refractivity contribution is 6.39. The van der Waals surface area contributed by atoms with Crippen molar-refractivity contribution in [2.45, 2.75) is 6.18 Å². The van der Waals surface area contributed by atoms with Gasteiger partial charge >= 0.3 is 12.2 Å². The minimum absolute atomic E-state index is 0.179. The lowest BCUT2D eigenvalue weighted by Crippen LogP contribution is -2.54.